The van der Waals surface area contributed by atoms with Gasteiger partial charge in [0.2, 0.25) is 0 Å². The summed E-state index contributed by atoms with van der Waals surface area (Å²) in [6.07, 6.45) is 3.45. The van der Waals surface area contributed by atoms with Crippen LogP contribution in [0.15, 0.2) is 24.5 Å². The first-order valence-electron chi connectivity index (χ1n) is 5.73. The molecule has 1 amide bonds. The van der Waals surface area contributed by atoms with Crippen molar-refractivity contribution in [2.24, 2.45) is 0 Å². The molecule has 0 spiro atoms. The lowest BCUT2D eigenvalue weighted by Gasteiger charge is -2.32. The minimum absolute atomic E-state index is 0.0893. The summed E-state index contributed by atoms with van der Waals surface area (Å²) < 4.78 is 5.53. The highest BCUT2D eigenvalue weighted by molar-refractivity contribution is 5.85. The summed E-state index contributed by atoms with van der Waals surface area (Å²) in [6.45, 7) is 4.19. The first-order valence-corrected chi connectivity index (χ1v) is 5.73. The molecule has 92 valence electrons. The number of amides is 1. The third-order valence-corrected chi connectivity index (χ3v) is 2.82. The second-order valence-corrected chi connectivity index (χ2v) is 4.30. The molecular weight excluding hydrogens is 218 g/mol. The van der Waals surface area contributed by atoms with E-state index in [9.17, 15) is 4.79 Å². The zero-order valence-electron chi connectivity index (χ0n) is 9.90. The van der Waals surface area contributed by atoms with Gasteiger partial charge in [-0.15, -0.1) is 0 Å². The van der Waals surface area contributed by atoms with Crippen LogP contribution in [0.25, 0.3) is 0 Å². The summed E-state index contributed by atoms with van der Waals surface area (Å²) in [6, 6.07) is 3.78. The van der Waals surface area contributed by atoms with Gasteiger partial charge in [-0.3, -0.25) is 9.78 Å². The monoisotopic (exact) mass is 235 g/mol. The van der Waals surface area contributed by atoms with E-state index in [1.165, 1.54) is 0 Å². The normalized spacial score (nSPS) is 24.3. The van der Waals surface area contributed by atoms with Crippen molar-refractivity contribution in [3.63, 3.8) is 0 Å². The zero-order valence-corrected chi connectivity index (χ0v) is 9.90. The smallest absolute Gasteiger partial charge is 0.253 e. The van der Waals surface area contributed by atoms with Crippen LogP contribution >= 0.6 is 0 Å². The summed E-state index contributed by atoms with van der Waals surface area (Å²) in [5, 5.41) is 6.02. The average Bonchev–Trinajstić information content (AvgIpc) is 2.38. The summed E-state index contributed by atoms with van der Waals surface area (Å²) in [5.74, 6) is -0.0893. The molecule has 0 aromatic carbocycles. The summed E-state index contributed by atoms with van der Waals surface area (Å²) in [5.41, 5.74) is 0.216. The first-order chi connectivity index (χ1) is 8.21. The Bertz CT molecular complexity index is 375. The van der Waals surface area contributed by atoms with E-state index in [2.05, 4.69) is 15.6 Å². The van der Waals surface area contributed by atoms with Crippen molar-refractivity contribution in [1.82, 2.24) is 15.6 Å². The Morgan fingerprint density at radius 3 is 3.24 bits per heavy atom. The maximum atomic E-state index is 12.0. The van der Waals surface area contributed by atoms with Gasteiger partial charge in [0, 0.05) is 32.0 Å². The van der Waals surface area contributed by atoms with Crippen LogP contribution in [0.4, 0.5) is 0 Å². The van der Waals surface area contributed by atoms with Crippen molar-refractivity contribution < 1.29 is 9.53 Å². The van der Waals surface area contributed by atoms with Gasteiger partial charge in [-0.1, -0.05) is 6.07 Å². The topological polar surface area (TPSA) is 63.2 Å². The number of aromatic nitrogens is 1. The summed E-state index contributed by atoms with van der Waals surface area (Å²) >= 11 is 0. The number of hydrogen-bond donors (Lipinski definition) is 2. The van der Waals surface area contributed by atoms with Crippen molar-refractivity contribution in [2.75, 3.05) is 19.7 Å². The van der Waals surface area contributed by atoms with E-state index in [4.69, 9.17) is 4.74 Å². The highest BCUT2D eigenvalue weighted by Gasteiger charge is 2.35. The molecule has 1 saturated heterocycles. The van der Waals surface area contributed by atoms with Crippen molar-refractivity contribution in [3.05, 3.63) is 30.1 Å². The number of pyridine rings is 1. The second-order valence-electron chi connectivity index (χ2n) is 4.30. The Labute approximate surface area is 101 Å². The van der Waals surface area contributed by atoms with Gasteiger partial charge in [0.05, 0.1) is 6.61 Å². The van der Waals surface area contributed by atoms with Gasteiger partial charge in [-0.05, 0) is 18.6 Å². The molecule has 1 atom stereocenters. The highest BCUT2D eigenvalue weighted by Crippen LogP contribution is 2.12. The van der Waals surface area contributed by atoms with E-state index in [1.54, 1.807) is 19.3 Å². The molecule has 0 radical (unpaired) electrons. The van der Waals surface area contributed by atoms with Crippen LogP contribution in [0, 0.1) is 0 Å². The van der Waals surface area contributed by atoms with Gasteiger partial charge in [-0.25, -0.2) is 0 Å². The van der Waals surface area contributed by atoms with E-state index in [-0.39, 0.29) is 5.91 Å². The quantitative estimate of drug-likeness (QED) is 0.778. The maximum absolute atomic E-state index is 12.0. The van der Waals surface area contributed by atoms with Crippen molar-refractivity contribution in [1.29, 1.82) is 0 Å². The van der Waals surface area contributed by atoms with Crippen LogP contribution in [0.1, 0.15) is 12.5 Å². The third-order valence-electron chi connectivity index (χ3n) is 2.82. The number of rotatable bonds is 3. The van der Waals surface area contributed by atoms with Crippen molar-refractivity contribution in [3.8, 4) is 0 Å². The molecule has 1 aromatic rings. The molecule has 0 saturated carbocycles. The molecule has 1 aliphatic rings. The van der Waals surface area contributed by atoms with Crippen LogP contribution in [0.2, 0.25) is 0 Å². The van der Waals surface area contributed by atoms with E-state index in [0.29, 0.717) is 19.7 Å². The minimum atomic E-state index is -0.763. The lowest BCUT2D eigenvalue weighted by atomic mass is 10.0. The molecule has 1 fully saturated rings. The third kappa shape index (κ3) is 3.01. The fourth-order valence-corrected chi connectivity index (χ4v) is 1.74. The van der Waals surface area contributed by atoms with Gasteiger partial charge < -0.3 is 15.4 Å². The summed E-state index contributed by atoms with van der Waals surface area (Å²) in [7, 11) is 0. The average molecular weight is 235 g/mol. The number of hydrogen-bond acceptors (Lipinski definition) is 4. The first kappa shape index (κ1) is 12.0. The second kappa shape index (κ2) is 5.25. The Balaban J connectivity index is 1.88. The molecule has 2 rings (SSSR count). The van der Waals surface area contributed by atoms with E-state index < -0.39 is 5.60 Å². The van der Waals surface area contributed by atoms with Gasteiger partial charge in [0.15, 0.2) is 5.60 Å². The Morgan fingerprint density at radius 2 is 2.59 bits per heavy atom. The molecule has 1 aliphatic heterocycles. The Kier molecular flexibility index (Phi) is 3.71. The van der Waals surface area contributed by atoms with Gasteiger partial charge in [0.1, 0.15) is 0 Å². The SMILES string of the molecule is CC1(C(=O)NCc2cccnc2)CNCCO1. The minimum Gasteiger partial charge on any atom is -0.363 e. The van der Waals surface area contributed by atoms with Crippen molar-refractivity contribution in [2.45, 2.75) is 19.1 Å². The standard InChI is InChI=1S/C12H17N3O2/c1-12(9-14-5-6-17-12)11(16)15-8-10-3-2-4-13-7-10/h2-4,7,14H,5-6,8-9H2,1H3,(H,15,16). The lowest BCUT2D eigenvalue weighted by Crippen LogP contribution is -2.56. The highest BCUT2D eigenvalue weighted by atomic mass is 16.5. The largest absolute Gasteiger partial charge is 0.363 e. The number of nitrogens with zero attached hydrogens (tertiary/aromatic N) is 1. The number of nitrogens with one attached hydrogen (secondary N) is 2. The van der Waals surface area contributed by atoms with Crippen LogP contribution in [0.3, 0.4) is 0 Å². The molecule has 5 heteroatoms. The van der Waals surface area contributed by atoms with Crippen molar-refractivity contribution >= 4 is 5.91 Å². The Morgan fingerprint density at radius 1 is 1.71 bits per heavy atom. The summed E-state index contributed by atoms with van der Waals surface area (Å²) in [4.78, 5) is 16.0. The predicted octanol–water partition coefficient (Wildman–Crippen LogP) is 0.0763. The molecule has 0 bridgehead atoms. The Hall–Kier alpha value is -1.46. The van der Waals surface area contributed by atoms with Crippen LogP contribution in [-0.4, -0.2) is 36.2 Å². The number of carbonyl (C=O) groups is 1. The van der Waals surface area contributed by atoms with Crippen LogP contribution in [0.5, 0.6) is 0 Å². The van der Waals surface area contributed by atoms with E-state index in [1.807, 2.05) is 12.1 Å². The fraction of sp³-hybridized carbons (Fsp3) is 0.500. The predicted molar refractivity (Wildman–Crippen MR) is 63.3 cm³/mol. The van der Waals surface area contributed by atoms with Gasteiger partial charge >= 0.3 is 0 Å². The maximum Gasteiger partial charge on any atom is 0.253 e. The molecule has 1 aromatic heterocycles. The van der Waals surface area contributed by atoms with Crippen LogP contribution < -0.4 is 10.6 Å². The number of morpholine rings is 1. The molecule has 17 heavy (non-hydrogen) atoms. The molecule has 2 heterocycles. The molecule has 2 N–H and O–H groups in total. The lowest BCUT2D eigenvalue weighted by molar-refractivity contribution is -0.148. The van der Waals surface area contributed by atoms with E-state index in [0.717, 1.165) is 12.1 Å². The number of carbonyl (C=O) groups excluding carboxylic acids is 1. The van der Waals surface area contributed by atoms with Gasteiger partial charge in [0.25, 0.3) is 5.91 Å². The molecule has 5 nitrogen and oxygen atoms in total. The van der Waals surface area contributed by atoms with Gasteiger partial charge in [-0.2, -0.15) is 0 Å². The number of ether oxygens (including phenoxy) is 1. The van der Waals surface area contributed by atoms with Crippen LogP contribution in [-0.2, 0) is 16.1 Å². The van der Waals surface area contributed by atoms with E-state index >= 15 is 0 Å². The zero-order chi connectivity index (χ0) is 12.1. The molecule has 0 aliphatic carbocycles. The molecule has 1 unspecified atom stereocenters. The fourth-order valence-electron chi connectivity index (χ4n) is 1.74. The molecular formula is C12H17N3O2.